The number of nitrogens with zero attached hydrogens (tertiary/aromatic N) is 4. The number of hydrogen-bond donors (Lipinski definition) is 2. The molecular formula is C22H23FN6O2S. The number of benzene rings is 1. The first-order valence-corrected chi connectivity index (χ1v) is 10.8. The van der Waals surface area contributed by atoms with Crippen LogP contribution in [0.15, 0.2) is 49.1 Å². The van der Waals surface area contributed by atoms with Crippen molar-refractivity contribution in [3.05, 3.63) is 54.9 Å². The molecule has 8 nitrogen and oxygen atoms in total. The van der Waals surface area contributed by atoms with E-state index in [-0.39, 0.29) is 5.82 Å². The molecule has 2 N–H and O–H groups in total. The second kappa shape index (κ2) is 8.91. The van der Waals surface area contributed by atoms with E-state index in [2.05, 4.69) is 25.6 Å². The molecule has 0 fully saturated rings. The summed E-state index contributed by atoms with van der Waals surface area (Å²) in [7, 11) is 0. The predicted molar refractivity (Wildman–Crippen MR) is 123 cm³/mol. The zero-order valence-electron chi connectivity index (χ0n) is 17.9. The minimum Gasteiger partial charge on any atom is -0.444 e. The van der Waals surface area contributed by atoms with Gasteiger partial charge in [-0.1, -0.05) is 23.5 Å². The number of anilines is 2. The number of pyridine rings is 1. The molecule has 3 heterocycles. The Morgan fingerprint density at radius 1 is 1.16 bits per heavy atom. The molecule has 3 aromatic heterocycles. The molecule has 4 aromatic rings. The first-order chi connectivity index (χ1) is 15.3. The van der Waals surface area contributed by atoms with Gasteiger partial charge in [0.2, 0.25) is 0 Å². The van der Waals surface area contributed by atoms with Gasteiger partial charge in [-0.3, -0.25) is 0 Å². The molecule has 1 aromatic carbocycles. The molecule has 0 saturated carbocycles. The summed E-state index contributed by atoms with van der Waals surface area (Å²) in [5, 5.41) is 6.63. The van der Waals surface area contributed by atoms with E-state index in [9.17, 15) is 9.18 Å². The Bertz CT molecular complexity index is 1230. The number of halogens is 1. The van der Waals surface area contributed by atoms with Crippen LogP contribution in [0.25, 0.3) is 21.5 Å². The summed E-state index contributed by atoms with van der Waals surface area (Å²) < 4.78 is 20.3. The molecule has 4 rings (SSSR count). The summed E-state index contributed by atoms with van der Waals surface area (Å²) in [6, 6.07) is 8.18. The van der Waals surface area contributed by atoms with Crippen LogP contribution in [0.1, 0.15) is 20.8 Å². The van der Waals surface area contributed by atoms with Crippen LogP contribution >= 0.6 is 11.3 Å². The lowest BCUT2D eigenvalue weighted by Crippen LogP contribution is -2.34. The van der Waals surface area contributed by atoms with Crippen LogP contribution in [0.4, 0.5) is 20.1 Å². The van der Waals surface area contributed by atoms with Crippen LogP contribution in [-0.2, 0) is 11.3 Å². The molecular weight excluding hydrogens is 431 g/mol. The lowest BCUT2D eigenvalue weighted by molar-refractivity contribution is 0.0526. The highest BCUT2D eigenvalue weighted by Gasteiger charge is 2.15. The lowest BCUT2D eigenvalue weighted by atomic mass is 10.2. The Balaban J connectivity index is 1.42. The van der Waals surface area contributed by atoms with Crippen molar-refractivity contribution in [2.24, 2.45) is 0 Å². The van der Waals surface area contributed by atoms with Gasteiger partial charge in [0.05, 0.1) is 22.9 Å². The summed E-state index contributed by atoms with van der Waals surface area (Å²) in [4.78, 5) is 25.9. The van der Waals surface area contributed by atoms with Crippen LogP contribution in [0.3, 0.4) is 0 Å². The highest BCUT2D eigenvalue weighted by molar-refractivity contribution is 7.18. The average Bonchev–Trinajstić information content (AvgIpc) is 3.34. The summed E-state index contributed by atoms with van der Waals surface area (Å²) in [6.07, 6.45) is 4.68. The summed E-state index contributed by atoms with van der Waals surface area (Å²) >= 11 is 1.45. The highest BCUT2D eigenvalue weighted by atomic mass is 32.1. The second-order valence-electron chi connectivity index (χ2n) is 8.09. The number of alkyl carbamates (subject to hydrolysis) is 1. The van der Waals surface area contributed by atoms with E-state index in [0.29, 0.717) is 24.0 Å². The number of rotatable bonds is 6. The van der Waals surface area contributed by atoms with Crippen LogP contribution in [0.2, 0.25) is 0 Å². The molecule has 0 unspecified atom stereocenters. The van der Waals surface area contributed by atoms with Crippen molar-refractivity contribution < 1.29 is 13.9 Å². The Labute approximate surface area is 188 Å². The zero-order chi connectivity index (χ0) is 22.7. The number of thiazole rings is 1. The molecule has 0 aliphatic carbocycles. The maximum atomic E-state index is 13.1. The van der Waals surface area contributed by atoms with Crippen LogP contribution in [0.5, 0.6) is 0 Å². The van der Waals surface area contributed by atoms with Crippen molar-refractivity contribution in [3.8, 4) is 10.4 Å². The van der Waals surface area contributed by atoms with E-state index in [4.69, 9.17) is 4.74 Å². The van der Waals surface area contributed by atoms with E-state index < -0.39 is 11.7 Å². The Kier molecular flexibility index (Phi) is 6.04. The molecule has 0 bridgehead atoms. The average molecular weight is 455 g/mol. The normalized spacial score (nSPS) is 11.5. The number of imidazole rings is 1. The molecule has 0 aliphatic rings. The number of hydrogen-bond acceptors (Lipinski definition) is 7. The largest absolute Gasteiger partial charge is 0.444 e. The minimum absolute atomic E-state index is 0.271. The number of aromatic nitrogens is 4. The van der Waals surface area contributed by atoms with Gasteiger partial charge in [0, 0.05) is 25.4 Å². The fraction of sp³-hybridized carbons (Fsp3) is 0.273. The first kappa shape index (κ1) is 21.7. The maximum Gasteiger partial charge on any atom is 0.407 e. The molecule has 0 saturated heterocycles. The number of nitrogens with one attached hydrogen (secondary N) is 2. The smallest absolute Gasteiger partial charge is 0.407 e. The SMILES string of the molecule is CC(C)(C)OC(=O)NCCn1cnc2cnc(Nc3ncc(-c4ccc(F)cc4)s3)cc21. The molecule has 10 heteroatoms. The standard InChI is InChI=1S/C22H23FN6O2S/c1-22(2,3)31-21(30)24-8-9-29-13-27-16-11-25-19(10-17(16)29)28-20-26-12-18(32-20)14-4-6-15(23)7-5-14/h4-7,10-13H,8-9H2,1-3H3,(H,24,30)(H,25,26,28). The Morgan fingerprint density at radius 2 is 1.94 bits per heavy atom. The van der Waals surface area contributed by atoms with Crippen molar-refractivity contribution >= 4 is 39.4 Å². The quantitative estimate of drug-likeness (QED) is 0.428. The zero-order valence-corrected chi connectivity index (χ0v) is 18.7. The van der Waals surface area contributed by atoms with Gasteiger partial charge in [0.15, 0.2) is 5.13 Å². The topological polar surface area (TPSA) is 94.0 Å². The third kappa shape index (κ3) is 5.38. The third-order valence-corrected chi connectivity index (χ3v) is 5.36. The molecule has 0 atom stereocenters. The highest BCUT2D eigenvalue weighted by Crippen LogP contribution is 2.30. The van der Waals surface area contributed by atoms with Gasteiger partial charge in [-0.2, -0.15) is 0 Å². The number of carbonyl (C=O) groups is 1. The van der Waals surface area contributed by atoms with E-state index in [1.54, 1.807) is 30.9 Å². The van der Waals surface area contributed by atoms with Gasteiger partial charge in [0.1, 0.15) is 22.8 Å². The molecule has 32 heavy (non-hydrogen) atoms. The number of fused-ring (bicyclic) bond motifs is 1. The third-order valence-electron chi connectivity index (χ3n) is 4.40. The number of carbonyl (C=O) groups excluding carboxylic acids is 1. The molecule has 0 aliphatic heterocycles. The fourth-order valence-electron chi connectivity index (χ4n) is 2.99. The van der Waals surface area contributed by atoms with Gasteiger partial charge in [0.25, 0.3) is 0 Å². The van der Waals surface area contributed by atoms with Crippen LogP contribution in [-0.4, -0.2) is 37.8 Å². The minimum atomic E-state index is -0.537. The monoisotopic (exact) mass is 454 g/mol. The Morgan fingerprint density at radius 3 is 2.69 bits per heavy atom. The molecule has 166 valence electrons. The molecule has 1 amide bonds. The predicted octanol–water partition coefficient (Wildman–Crippen LogP) is 4.96. The van der Waals surface area contributed by atoms with Gasteiger partial charge in [-0.25, -0.2) is 24.1 Å². The number of ether oxygens (including phenoxy) is 1. The van der Waals surface area contributed by atoms with E-state index >= 15 is 0 Å². The van der Waals surface area contributed by atoms with Crippen molar-refractivity contribution in [1.82, 2.24) is 24.8 Å². The van der Waals surface area contributed by atoms with Crippen molar-refractivity contribution in [2.45, 2.75) is 32.9 Å². The van der Waals surface area contributed by atoms with Gasteiger partial charge < -0.3 is 19.9 Å². The molecule has 0 spiro atoms. The molecule has 0 radical (unpaired) electrons. The first-order valence-electron chi connectivity index (χ1n) is 10.0. The number of amides is 1. The van der Waals surface area contributed by atoms with E-state index in [0.717, 1.165) is 21.5 Å². The van der Waals surface area contributed by atoms with Crippen LogP contribution < -0.4 is 10.6 Å². The van der Waals surface area contributed by atoms with E-state index in [1.807, 2.05) is 31.4 Å². The maximum absolute atomic E-state index is 13.1. The second-order valence-corrected chi connectivity index (χ2v) is 9.12. The van der Waals surface area contributed by atoms with Crippen LogP contribution in [0, 0.1) is 5.82 Å². The van der Waals surface area contributed by atoms with Crippen molar-refractivity contribution in [3.63, 3.8) is 0 Å². The van der Waals surface area contributed by atoms with Crippen molar-refractivity contribution in [2.75, 3.05) is 11.9 Å². The van der Waals surface area contributed by atoms with Crippen molar-refractivity contribution in [1.29, 1.82) is 0 Å². The summed E-state index contributed by atoms with van der Waals surface area (Å²) in [6.45, 7) is 6.40. The Hall–Kier alpha value is -3.53. The summed E-state index contributed by atoms with van der Waals surface area (Å²) in [5.41, 5.74) is 1.99. The summed E-state index contributed by atoms with van der Waals surface area (Å²) in [5.74, 6) is 0.353. The van der Waals surface area contributed by atoms with Gasteiger partial charge in [-0.05, 0) is 38.5 Å². The lowest BCUT2D eigenvalue weighted by Gasteiger charge is -2.19. The fourth-order valence-corrected chi connectivity index (χ4v) is 3.82. The van der Waals surface area contributed by atoms with Gasteiger partial charge >= 0.3 is 6.09 Å². The van der Waals surface area contributed by atoms with Gasteiger partial charge in [-0.15, -0.1) is 0 Å². The van der Waals surface area contributed by atoms with E-state index in [1.165, 1.54) is 23.5 Å².